The Morgan fingerprint density at radius 3 is 2.32 bits per heavy atom. The van der Waals surface area contributed by atoms with Crippen molar-refractivity contribution >= 4 is 11.2 Å². The molecule has 1 N–H and O–H groups in total. The van der Waals surface area contributed by atoms with E-state index in [-0.39, 0.29) is 5.56 Å². The third-order valence-electron chi connectivity index (χ3n) is 4.52. The van der Waals surface area contributed by atoms with Crippen LogP contribution in [-0.2, 0) is 20.1 Å². The van der Waals surface area contributed by atoms with Crippen LogP contribution in [0.2, 0.25) is 0 Å². The van der Waals surface area contributed by atoms with E-state index >= 15 is 0 Å². The molecule has 2 aromatic rings. The van der Waals surface area contributed by atoms with E-state index in [1.54, 1.807) is 7.05 Å². The number of nitrogens with one attached hydrogen (secondary N) is 1. The summed E-state index contributed by atoms with van der Waals surface area (Å²) in [5.74, 6) is 0.875. The highest BCUT2D eigenvalue weighted by Gasteiger charge is 2.18. The predicted molar refractivity (Wildman–Crippen MR) is 101 cm³/mol. The summed E-state index contributed by atoms with van der Waals surface area (Å²) < 4.78 is 3.45. The molecule has 7 nitrogen and oxygen atoms in total. The lowest BCUT2D eigenvalue weighted by molar-refractivity contribution is 0.256. The van der Waals surface area contributed by atoms with Crippen LogP contribution in [0.4, 0.5) is 0 Å². The first kappa shape index (κ1) is 19.4. The van der Waals surface area contributed by atoms with Gasteiger partial charge in [-0.2, -0.15) is 0 Å². The maximum absolute atomic E-state index is 12.4. The second kappa shape index (κ2) is 8.99. The molecule has 0 aliphatic carbocycles. The van der Waals surface area contributed by atoms with Gasteiger partial charge in [-0.1, -0.05) is 33.6 Å². The summed E-state index contributed by atoms with van der Waals surface area (Å²) in [6.07, 6.45) is 5.38. The van der Waals surface area contributed by atoms with Gasteiger partial charge < -0.3 is 4.57 Å². The van der Waals surface area contributed by atoms with Crippen molar-refractivity contribution < 1.29 is 0 Å². The zero-order valence-electron chi connectivity index (χ0n) is 16.0. The first-order valence-corrected chi connectivity index (χ1v) is 9.44. The van der Waals surface area contributed by atoms with Crippen LogP contribution in [0.15, 0.2) is 9.59 Å². The Labute approximate surface area is 148 Å². The number of aromatic nitrogens is 4. The lowest BCUT2D eigenvalue weighted by Gasteiger charge is -2.21. The number of rotatable bonds is 10. The topological polar surface area (TPSA) is 75.9 Å². The van der Waals surface area contributed by atoms with Gasteiger partial charge in [0, 0.05) is 13.6 Å². The fourth-order valence-electron chi connectivity index (χ4n) is 3.26. The van der Waals surface area contributed by atoms with Crippen LogP contribution in [0.3, 0.4) is 0 Å². The standard InChI is InChI=1S/C18H31N5O2/c1-5-8-9-12-23-14(13-22(10-6-2)11-7-3)19-16-15(23)17(24)20-18(25)21(16)4/h5-13H2,1-4H3,(H,20,24,25). The molecule has 25 heavy (non-hydrogen) atoms. The van der Waals surface area contributed by atoms with Crippen molar-refractivity contribution in [1.29, 1.82) is 0 Å². The first-order valence-electron chi connectivity index (χ1n) is 9.44. The van der Waals surface area contributed by atoms with Gasteiger partial charge in [0.25, 0.3) is 5.56 Å². The molecule has 2 rings (SSSR count). The van der Waals surface area contributed by atoms with Crippen molar-refractivity contribution in [2.24, 2.45) is 7.05 Å². The van der Waals surface area contributed by atoms with Gasteiger partial charge in [0.05, 0.1) is 6.54 Å². The molecule has 140 valence electrons. The van der Waals surface area contributed by atoms with Gasteiger partial charge in [-0.05, 0) is 32.4 Å². The molecule has 0 aliphatic heterocycles. The van der Waals surface area contributed by atoms with E-state index in [1.807, 2.05) is 4.57 Å². The van der Waals surface area contributed by atoms with E-state index in [2.05, 4.69) is 35.6 Å². The molecule has 0 aliphatic rings. The minimum absolute atomic E-state index is 0.342. The van der Waals surface area contributed by atoms with Crippen molar-refractivity contribution in [1.82, 2.24) is 24.0 Å². The molecule has 0 bridgehead atoms. The van der Waals surface area contributed by atoms with Crippen molar-refractivity contribution in [3.05, 3.63) is 26.7 Å². The number of aromatic amines is 1. The molecular weight excluding hydrogens is 318 g/mol. The SMILES string of the molecule is CCCCCn1c(CN(CCC)CCC)nc2c1c(=O)[nH]c(=O)n2C. The fraction of sp³-hybridized carbons (Fsp3) is 0.722. The molecule has 0 saturated heterocycles. The number of imidazole rings is 1. The number of unbranched alkanes of at least 4 members (excludes halogenated alkanes) is 2. The van der Waals surface area contributed by atoms with E-state index in [0.717, 1.165) is 57.6 Å². The maximum atomic E-state index is 12.4. The van der Waals surface area contributed by atoms with Crippen LogP contribution < -0.4 is 11.2 Å². The van der Waals surface area contributed by atoms with Crippen molar-refractivity contribution in [3.8, 4) is 0 Å². The van der Waals surface area contributed by atoms with E-state index in [9.17, 15) is 9.59 Å². The molecule has 7 heteroatoms. The third-order valence-corrected chi connectivity index (χ3v) is 4.52. The molecule has 0 unspecified atom stereocenters. The molecule has 0 radical (unpaired) electrons. The van der Waals surface area contributed by atoms with Gasteiger partial charge in [-0.25, -0.2) is 9.78 Å². The van der Waals surface area contributed by atoms with Crippen LogP contribution in [0.25, 0.3) is 11.2 Å². The number of aryl methyl sites for hydroxylation is 2. The Kier molecular flexibility index (Phi) is 6.99. The molecule has 0 saturated carbocycles. The number of hydrogen-bond donors (Lipinski definition) is 1. The van der Waals surface area contributed by atoms with Gasteiger partial charge >= 0.3 is 5.69 Å². The van der Waals surface area contributed by atoms with Gasteiger partial charge in [-0.15, -0.1) is 0 Å². The van der Waals surface area contributed by atoms with Crippen LogP contribution in [0.5, 0.6) is 0 Å². The third kappa shape index (κ3) is 4.39. The monoisotopic (exact) mass is 349 g/mol. The average molecular weight is 349 g/mol. The summed E-state index contributed by atoms with van der Waals surface area (Å²) in [5, 5.41) is 0. The summed E-state index contributed by atoms with van der Waals surface area (Å²) in [5.41, 5.74) is 0.237. The molecule has 0 aromatic carbocycles. The van der Waals surface area contributed by atoms with Gasteiger partial charge in [0.15, 0.2) is 11.2 Å². The molecule has 0 amide bonds. The van der Waals surface area contributed by atoms with Crippen LogP contribution in [0, 0.1) is 0 Å². The van der Waals surface area contributed by atoms with E-state index in [4.69, 9.17) is 0 Å². The minimum atomic E-state index is -0.416. The van der Waals surface area contributed by atoms with Crippen molar-refractivity contribution in [3.63, 3.8) is 0 Å². The summed E-state index contributed by atoms with van der Waals surface area (Å²) >= 11 is 0. The highest BCUT2D eigenvalue weighted by molar-refractivity contribution is 5.70. The Bertz CT molecular complexity index is 796. The Morgan fingerprint density at radius 2 is 1.72 bits per heavy atom. The highest BCUT2D eigenvalue weighted by atomic mass is 16.2. The van der Waals surface area contributed by atoms with E-state index < -0.39 is 5.69 Å². The lowest BCUT2D eigenvalue weighted by atomic mass is 10.2. The highest BCUT2D eigenvalue weighted by Crippen LogP contribution is 2.15. The number of H-pyrrole nitrogens is 1. The minimum Gasteiger partial charge on any atom is -0.321 e. The fourth-order valence-corrected chi connectivity index (χ4v) is 3.26. The molecule has 0 spiro atoms. The van der Waals surface area contributed by atoms with Gasteiger partial charge in [0.2, 0.25) is 0 Å². The quantitative estimate of drug-likeness (QED) is 0.668. The Balaban J connectivity index is 2.51. The smallest absolute Gasteiger partial charge is 0.321 e. The summed E-state index contributed by atoms with van der Waals surface area (Å²) in [7, 11) is 1.66. The molecule has 0 atom stereocenters. The zero-order valence-corrected chi connectivity index (χ0v) is 16.0. The molecule has 0 fully saturated rings. The first-order chi connectivity index (χ1) is 12.0. The Morgan fingerprint density at radius 1 is 1.04 bits per heavy atom. The van der Waals surface area contributed by atoms with E-state index in [0.29, 0.717) is 17.7 Å². The second-order valence-electron chi connectivity index (χ2n) is 6.65. The van der Waals surface area contributed by atoms with Crippen molar-refractivity contribution in [2.45, 2.75) is 66.0 Å². The van der Waals surface area contributed by atoms with Crippen LogP contribution in [0.1, 0.15) is 58.7 Å². The van der Waals surface area contributed by atoms with Crippen LogP contribution >= 0.6 is 0 Å². The van der Waals surface area contributed by atoms with E-state index in [1.165, 1.54) is 4.57 Å². The Hall–Kier alpha value is -1.89. The van der Waals surface area contributed by atoms with Crippen LogP contribution in [-0.4, -0.2) is 37.1 Å². The van der Waals surface area contributed by atoms with Gasteiger partial charge in [0.1, 0.15) is 5.82 Å². The largest absolute Gasteiger partial charge is 0.329 e. The summed E-state index contributed by atoms with van der Waals surface area (Å²) in [6.45, 7) is 9.96. The van der Waals surface area contributed by atoms with Gasteiger partial charge in [-0.3, -0.25) is 19.2 Å². The maximum Gasteiger partial charge on any atom is 0.329 e. The lowest BCUT2D eigenvalue weighted by Crippen LogP contribution is -2.29. The zero-order chi connectivity index (χ0) is 18.4. The number of nitrogens with zero attached hydrogens (tertiary/aromatic N) is 4. The second-order valence-corrected chi connectivity index (χ2v) is 6.65. The average Bonchev–Trinajstić information content (AvgIpc) is 2.93. The van der Waals surface area contributed by atoms with Crippen molar-refractivity contribution in [2.75, 3.05) is 13.1 Å². The summed E-state index contributed by atoms with van der Waals surface area (Å²) in [4.78, 5) is 33.8. The number of fused-ring (bicyclic) bond motifs is 1. The molecular formula is C18H31N5O2. The molecule has 2 heterocycles. The summed E-state index contributed by atoms with van der Waals surface area (Å²) in [6, 6.07) is 0. The normalized spacial score (nSPS) is 11.7. The number of hydrogen-bond acceptors (Lipinski definition) is 4. The predicted octanol–water partition coefficient (Wildman–Crippen LogP) is 2.24. The molecule has 2 aromatic heterocycles.